The zero-order valence-corrected chi connectivity index (χ0v) is 27.5. The first-order valence-corrected chi connectivity index (χ1v) is 17.5. The molecule has 1 aliphatic carbocycles. The predicted octanol–water partition coefficient (Wildman–Crippen LogP) is 6.59. The summed E-state index contributed by atoms with van der Waals surface area (Å²) in [5, 5.41) is 3.26. The third-order valence-electron chi connectivity index (χ3n) is 8.76. The Hall–Kier alpha value is -4.43. The van der Waals surface area contributed by atoms with E-state index in [1.54, 1.807) is 59.5 Å². The Kier molecular flexibility index (Phi) is 10.9. The highest BCUT2D eigenvalue weighted by Gasteiger charge is 2.35. The number of rotatable bonds is 12. The maximum atomic E-state index is 14.6. The number of nitrogens with zero attached hydrogens (tertiary/aromatic N) is 2. The fourth-order valence-electron chi connectivity index (χ4n) is 6.03. The lowest BCUT2D eigenvalue weighted by atomic mass is 9.94. The minimum Gasteiger partial charge on any atom is -0.352 e. The van der Waals surface area contributed by atoms with Gasteiger partial charge in [-0.1, -0.05) is 110 Å². The summed E-state index contributed by atoms with van der Waals surface area (Å²) in [4.78, 5) is 30.5. The second-order valence-corrected chi connectivity index (χ2v) is 14.0. The molecule has 4 aromatic rings. The number of para-hydroxylation sites is 1. The van der Waals surface area contributed by atoms with Crippen LogP contribution in [-0.4, -0.2) is 43.8 Å². The Morgan fingerprint density at radius 1 is 0.783 bits per heavy atom. The Morgan fingerprint density at radius 3 is 2.04 bits per heavy atom. The van der Waals surface area contributed by atoms with E-state index in [2.05, 4.69) is 5.32 Å². The number of hydrogen-bond donors (Lipinski definition) is 1. The van der Waals surface area contributed by atoms with Gasteiger partial charge in [0.05, 0.1) is 10.6 Å². The van der Waals surface area contributed by atoms with Crippen LogP contribution in [0.2, 0.25) is 0 Å². The molecule has 5 rings (SSSR count). The Morgan fingerprint density at radius 2 is 1.39 bits per heavy atom. The highest BCUT2D eigenvalue weighted by atomic mass is 32.2. The van der Waals surface area contributed by atoms with Crippen LogP contribution >= 0.6 is 0 Å². The molecule has 1 atom stereocenters. The highest BCUT2D eigenvalue weighted by Crippen LogP contribution is 2.26. The van der Waals surface area contributed by atoms with Crippen molar-refractivity contribution >= 4 is 27.5 Å². The summed E-state index contributed by atoms with van der Waals surface area (Å²) >= 11 is 0. The normalized spacial score (nSPS) is 14.3. The van der Waals surface area contributed by atoms with Crippen LogP contribution in [0.25, 0.3) is 0 Å². The summed E-state index contributed by atoms with van der Waals surface area (Å²) in [5.74, 6) is -0.673. The molecule has 0 aromatic heterocycles. The Labute approximate surface area is 273 Å². The minimum absolute atomic E-state index is 0.0534. The lowest BCUT2D eigenvalue weighted by Gasteiger charge is -2.35. The SMILES string of the molecule is Cc1ccc(S(=O)(=O)N(CC(=O)N(Cc2ccccc2C)[C@H](Cc2ccccc2)C(=O)NC2CCCCC2)c2ccccc2)cc1. The van der Waals surface area contributed by atoms with Gasteiger partial charge in [-0.3, -0.25) is 13.9 Å². The fraction of sp³-hybridized carbons (Fsp3) is 0.316. The zero-order valence-electron chi connectivity index (χ0n) is 26.6. The maximum absolute atomic E-state index is 14.6. The van der Waals surface area contributed by atoms with E-state index in [0.29, 0.717) is 12.1 Å². The molecule has 0 saturated heterocycles. The number of carbonyl (C=O) groups excluding carboxylic acids is 2. The van der Waals surface area contributed by atoms with Crippen LogP contribution in [0.5, 0.6) is 0 Å². The number of carbonyl (C=O) groups is 2. The molecular formula is C38H43N3O4S. The molecule has 0 unspecified atom stereocenters. The van der Waals surface area contributed by atoms with Gasteiger partial charge in [-0.05, 0) is 67.6 Å². The van der Waals surface area contributed by atoms with E-state index in [-0.39, 0.29) is 23.4 Å². The van der Waals surface area contributed by atoms with Crippen molar-refractivity contribution in [3.8, 4) is 0 Å². The van der Waals surface area contributed by atoms with E-state index in [1.807, 2.05) is 68.4 Å². The fourth-order valence-corrected chi connectivity index (χ4v) is 7.44. The highest BCUT2D eigenvalue weighted by molar-refractivity contribution is 7.92. The topological polar surface area (TPSA) is 86.8 Å². The second-order valence-electron chi connectivity index (χ2n) is 12.2. The Bertz CT molecular complexity index is 1700. The van der Waals surface area contributed by atoms with Crippen molar-refractivity contribution in [3.05, 3.63) is 131 Å². The minimum atomic E-state index is -4.12. The third kappa shape index (κ3) is 8.23. The zero-order chi connectivity index (χ0) is 32.5. The molecule has 0 radical (unpaired) electrons. The number of hydrogen-bond acceptors (Lipinski definition) is 4. The van der Waals surface area contributed by atoms with Crippen LogP contribution in [0.1, 0.15) is 54.4 Å². The van der Waals surface area contributed by atoms with Crippen molar-refractivity contribution in [3.63, 3.8) is 0 Å². The van der Waals surface area contributed by atoms with Crippen molar-refractivity contribution in [1.82, 2.24) is 10.2 Å². The summed E-state index contributed by atoms with van der Waals surface area (Å²) in [6.45, 7) is 3.57. The van der Waals surface area contributed by atoms with Crippen molar-refractivity contribution < 1.29 is 18.0 Å². The van der Waals surface area contributed by atoms with Crippen LogP contribution in [0.15, 0.2) is 114 Å². The number of anilines is 1. The van der Waals surface area contributed by atoms with Crippen LogP contribution in [0, 0.1) is 13.8 Å². The lowest BCUT2D eigenvalue weighted by molar-refractivity contribution is -0.140. The number of benzene rings is 4. The van der Waals surface area contributed by atoms with Gasteiger partial charge in [-0.25, -0.2) is 8.42 Å². The van der Waals surface area contributed by atoms with Gasteiger partial charge >= 0.3 is 0 Å². The summed E-state index contributed by atoms with van der Waals surface area (Å²) < 4.78 is 29.5. The largest absolute Gasteiger partial charge is 0.352 e. The van der Waals surface area contributed by atoms with E-state index in [0.717, 1.165) is 58.7 Å². The van der Waals surface area contributed by atoms with Crippen molar-refractivity contribution in [2.45, 2.75) is 75.9 Å². The summed E-state index contributed by atoms with van der Waals surface area (Å²) in [7, 11) is -4.12. The van der Waals surface area contributed by atoms with E-state index >= 15 is 0 Å². The quantitative estimate of drug-likeness (QED) is 0.190. The molecule has 7 nitrogen and oxygen atoms in total. The first-order valence-electron chi connectivity index (χ1n) is 16.0. The van der Waals surface area contributed by atoms with Gasteiger partial charge in [-0.15, -0.1) is 0 Å². The molecule has 1 N–H and O–H groups in total. The smallest absolute Gasteiger partial charge is 0.264 e. The summed E-state index contributed by atoms with van der Waals surface area (Å²) in [6, 6.07) is 31.9. The number of nitrogens with one attached hydrogen (secondary N) is 1. The molecule has 1 fully saturated rings. The second kappa shape index (κ2) is 15.2. The molecule has 8 heteroatoms. The molecule has 4 aromatic carbocycles. The molecule has 0 heterocycles. The van der Waals surface area contributed by atoms with Crippen LogP contribution in [-0.2, 0) is 32.6 Å². The molecule has 0 aliphatic heterocycles. The average Bonchev–Trinajstić information content (AvgIpc) is 3.07. The number of aryl methyl sites for hydroxylation is 2. The summed E-state index contributed by atoms with van der Waals surface area (Å²) in [6.07, 6.45) is 5.39. The molecule has 0 spiro atoms. The van der Waals surface area contributed by atoms with E-state index < -0.39 is 28.5 Å². The third-order valence-corrected chi connectivity index (χ3v) is 10.5. The van der Waals surface area contributed by atoms with Gasteiger partial charge in [0.2, 0.25) is 11.8 Å². The van der Waals surface area contributed by atoms with Gasteiger partial charge in [0.15, 0.2) is 0 Å². The summed E-state index contributed by atoms with van der Waals surface area (Å²) in [5.41, 5.74) is 4.10. The van der Waals surface area contributed by atoms with E-state index in [4.69, 9.17) is 0 Å². The van der Waals surface area contributed by atoms with Crippen LogP contribution in [0.3, 0.4) is 0 Å². The van der Waals surface area contributed by atoms with Gasteiger partial charge in [-0.2, -0.15) is 0 Å². The molecule has 1 aliphatic rings. The van der Waals surface area contributed by atoms with Gasteiger partial charge in [0, 0.05) is 19.0 Å². The molecule has 0 bridgehead atoms. The molecule has 1 saturated carbocycles. The standard InChI is InChI=1S/C38H43N3O4S/c1-29-22-24-35(25-23-29)46(44,45)41(34-20-10-5-11-21-34)28-37(42)40(27-32-17-13-12-14-30(32)2)36(26-31-15-6-3-7-16-31)38(43)39-33-18-8-4-9-19-33/h3,5-7,10-17,20-25,33,36H,4,8-9,18-19,26-28H2,1-2H3,(H,39,43)/t36-/m1/s1. The van der Waals surface area contributed by atoms with Crippen molar-refractivity contribution in [1.29, 1.82) is 0 Å². The number of sulfonamides is 1. The average molecular weight is 638 g/mol. The van der Waals surface area contributed by atoms with Gasteiger partial charge < -0.3 is 10.2 Å². The van der Waals surface area contributed by atoms with Crippen molar-refractivity contribution in [2.75, 3.05) is 10.8 Å². The molecule has 46 heavy (non-hydrogen) atoms. The Balaban J connectivity index is 1.55. The maximum Gasteiger partial charge on any atom is 0.264 e. The van der Waals surface area contributed by atoms with Crippen LogP contribution < -0.4 is 9.62 Å². The van der Waals surface area contributed by atoms with Crippen molar-refractivity contribution in [2.24, 2.45) is 0 Å². The molecular weight excluding hydrogens is 595 g/mol. The first kappa shape index (κ1) is 32.9. The predicted molar refractivity (Wildman–Crippen MR) is 183 cm³/mol. The molecule has 2 amide bonds. The van der Waals surface area contributed by atoms with E-state index in [9.17, 15) is 18.0 Å². The number of amides is 2. The molecule has 240 valence electrons. The van der Waals surface area contributed by atoms with Gasteiger partial charge in [0.1, 0.15) is 12.6 Å². The van der Waals surface area contributed by atoms with Gasteiger partial charge in [0.25, 0.3) is 10.0 Å². The van der Waals surface area contributed by atoms with E-state index in [1.165, 1.54) is 0 Å². The first-order chi connectivity index (χ1) is 22.2. The monoisotopic (exact) mass is 637 g/mol. The lowest BCUT2D eigenvalue weighted by Crippen LogP contribution is -2.55. The van der Waals surface area contributed by atoms with Crippen LogP contribution in [0.4, 0.5) is 5.69 Å².